The van der Waals surface area contributed by atoms with Crippen LogP contribution in [0.15, 0.2) is 30.3 Å². The number of thioether (sulfide) groups is 1. The molecule has 1 saturated carbocycles. The zero-order valence-corrected chi connectivity index (χ0v) is 15.9. The number of likely N-dealkylation sites (tertiary alicyclic amines) is 1. The van der Waals surface area contributed by atoms with Gasteiger partial charge in [-0.3, -0.25) is 19.3 Å². The van der Waals surface area contributed by atoms with Crippen molar-refractivity contribution in [3.8, 4) is 0 Å². The van der Waals surface area contributed by atoms with Crippen LogP contribution in [-0.2, 0) is 19.1 Å². The number of rotatable bonds is 6. The maximum atomic E-state index is 13.2. The number of hydrogen-bond acceptors (Lipinski definition) is 5. The van der Waals surface area contributed by atoms with Gasteiger partial charge in [-0.25, -0.2) is 0 Å². The van der Waals surface area contributed by atoms with Crippen molar-refractivity contribution in [1.29, 1.82) is 0 Å². The van der Waals surface area contributed by atoms with Crippen LogP contribution in [-0.4, -0.2) is 46.8 Å². The molecule has 0 radical (unpaired) electrons. The standard InChI is InChI=1S/C20H25NO4S/c1-25-16(22)12-13-26-18-17(14-8-4-2-5-9-14)19(23)21(20(18)24)15-10-6-3-7-11-15/h2,4-5,8-9,15,17-18H,3,6-7,10-13H2,1H3. The van der Waals surface area contributed by atoms with E-state index in [-0.39, 0.29) is 30.2 Å². The second-order valence-electron chi connectivity index (χ2n) is 6.84. The van der Waals surface area contributed by atoms with Crippen LogP contribution in [0.5, 0.6) is 0 Å². The van der Waals surface area contributed by atoms with Crippen molar-refractivity contribution in [3.63, 3.8) is 0 Å². The molecular formula is C20H25NO4S. The van der Waals surface area contributed by atoms with E-state index in [2.05, 4.69) is 4.74 Å². The second-order valence-corrected chi connectivity index (χ2v) is 8.09. The lowest BCUT2D eigenvalue weighted by Crippen LogP contribution is -2.42. The number of amides is 2. The predicted octanol–water partition coefficient (Wildman–Crippen LogP) is 3.14. The SMILES string of the molecule is COC(=O)CCSC1C(=O)N(C2CCCCC2)C(=O)C1c1ccccc1. The van der Waals surface area contributed by atoms with Crippen molar-refractivity contribution >= 4 is 29.5 Å². The Morgan fingerprint density at radius 3 is 2.46 bits per heavy atom. The Bertz CT molecular complexity index is 657. The lowest BCUT2D eigenvalue weighted by molar-refractivity contribution is -0.142. The lowest BCUT2D eigenvalue weighted by Gasteiger charge is -2.29. The smallest absolute Gasteiger partial charge is 0.306 e. The zero-order valence-electron chi connectivity index (χ0n) is 15.1. The summed E-state index contributed by atoms with van der Waals surface area (Å²) in [5.41, 5.74) is 0.875. The summed E-state index contributed by atoms with van der Waals surface area (Å²) in [6.07, 6.45) is 5.35. The van der Waals surface area contributed by atoms with E-state index >= 15 is 0 Å². The minimum Gasteiger partial charge on any atom is -0.469 e. The van der Waals surface area contributed by atoms with Gasteiger partial charge >= 0.3 is 5.97 Å². The van der Waals surface area contributed by atoms with Crippen molar-refractivity contribution in [2.45, 2.75) is 55.7 Å². The quantitative estimate of drug-likeness (QED) is 0.565. The van der Waals surface area contributed by atoms with Gasteiger partial charge in [-0.2, -0.15) is 0 Å². The van der Waals surface area contributed by atoms with E-state index in [1.807, 2.05) is 30.3 Å². The fourth-order valence-corrected chi connectivity index (χ4v) is 5.14. The third kappa shape index (κ3) is 3.95. The lowest BCUT2D eigenvalue weighted by atomic mass is 9.94. The maximum absolute atomic E-state index is 13.2. The molecule has 2 amide bonds. The minimum atomic E-state index is -0.465. The molecule has 2 fully saturated rings. The molecular weight excluding hydrogens is 350 g/mol. The highest BCUT2D eigenvalue weighted by Crippen LogP contribution is 2.40. The van der Waals surface area contributed by atoms with Gasteiger partial charge < -0.3 is 4.74 Å². The maximum Gasteiger partial charge on any atom is 0.306 e. The highest BCUT2D eigenvalue weighted by Gasteiger charge is 2.50. The van der Waals surface area contributed by atoms with Crippen LogP contribution < -0.4 is 0 Å². The monoisotopic (exact) mass is 375 g/mol. The van der Waals surface area contributed by atoms with Gasteiger partial charge in [0.2, 0.25) is 11.8 Å². The average Bonchev–Trinajstić information content (AvgIpc) is 2.93. The molecule has 6 heteroatoms. The van der Waals surface area contributed by atoms with Gasteiger partial charge in [-0.15, -0.1) is 11.8 Å². The van der Waals surface area contributed by atoms with E-state index in [4.69, 9.17) is 0 Å². The molecule has 140 valence electrons. The number of benzene rings is 1. The number of carbonyl (C=O) groups is 3. The summed E-state index contributed by atoms with van der Waals surface area (Å²) < 4.78 is 4.68. The first-order chi connectivity index (χ1) is 12.6. The number of methoxy groups -OCH3 is 1. The Morgan fingerprint density at radius 2 is 1.81 bits per heavy atom. The predicted molar refractivity (Wildman–Crippen MR) is 101 cm³/mol. The third-order valence-corrected chi connectivity index (χ3v) is 6.49. The molecule has 3 rings (SSSR count). The van der Waals surface area contributed by atoms with Gasteiger partial charge in [0.15, 0.2) is 0 Å². The number of ether oxygens (including phenoxy) is 1. The molecule has 0 N–H and O–H groups in total. The number of hydrogen-bond donors (Lipinski definition) is 0. The Labute approximate surface area is 158 Å². The number of nitrogens with zero attached hydrogens (tertiary/aromatic N) is 1. The Balaban J connectivity index is 1.81. The first-order valence-corrected chi connectivity index (χ1v) is 10.3. The van der Waals surface area contributed by atoms with Crippen LogP contribution in [0.2, 0.25) is 0 Å². The van der Waals surface area contributed by atoms with Gasteiger partial charge in [0.05, 0.1) is 24.7 Å². The summed E-state index contributed by atoms with van der Waals surface area (Å²) in [6.45, 7) is 0. The molecule has 1 heterocycles. The van der Waals surface area contributed by atoms with Gasteiger partial charge in [0.1, 0.15) is 0 Å². The Hall–Kier alpha value is -1.82. The molecule has 2 unspecified atom stereocenters. The fraction of sp³-hybridized carbons (Fsp3) is 0.550. The normalized spacial score (nSPS) is 24.1. The summed E-state index contributed by atoms with van der Waals surface area (Å²) >= 11 is 1.40. The van der Waals surface area contributed by atoms with Crippen LogP contribution in [0.1, 0.15) is 50.0 Å². The average molecular weight is 375 g/mol. The molecule has 2 atom stereocenters. The van der Waals surface area contributed by atoms with Crippen LogP contribution in [0.25, 0.3) is 0 Å². The summed E-state index contributed by atoms with van der Waals surface area (Å²) in [5.74, 6) is -0.463. The van der Waals surface area contributed by atoms with E-state index in [0.29, 0.717) is 5.75 Å². The summed E-state index contributed by atoms with van der Waals surface area (Å²) in [5, 5.41) is -0.462. The van der Waals surface area contributed by atoms with Gasteiger partial charge in [-0.05, 0) is 18.4 Å². The summed E-state index contributed by atoms with van der Waals surface area (Å²) in [6, 6.07) is 9.55. The zero-order chi connectivity index (χ0) is 18.5. The van der Waals surface area contributed by atoms with E-state index < -0.39 is 11.2 Å². The van der Waals surface area contributed by atoms with Crippen molar-refractivity contribution in [3.05, 3.63) is 35.9 Å². The minimum absolute atomic E-state index is 0.0289. The Kier molecular flexibility index (Phi) is 6.35. The molecule has 1 aromatic rings. The summed E-state index contributed by atoms with van der Waals surface area (Å²) in [7, 11) is 1.36. The van der Waals surface area contributed by atoms with E-state index in [9.17, 15) is 14.4 Å². The molecule has 1 aromatic carbocycles. The highest BCUT2D eigenvalue weighted by atomic mass is 32.2. The molecule has 1 aliphatic carbocycles. The van der Waals surface area contributed by atoms with E-state index in [1.54, 1.807) is 0 Å². The van der Waals surface area contributed by atoms with Gasteiger partial charge in [0.25, 0.3) is 0 Å². The fourth-order valence-electron chi connectivity index (χ4n) is 3.88. The van der Waals surface area contributed by atoms with Crippen molar-refractivity contribution in [2.75, 3.05) is 12.9 Å². The number of carbonyl (C=O) groups excluding carboxylic acids is 3. The van der Waals surface area contributed by atoms with Crippen LogP contribution in [0.4, 0.5) is 0 Å². The van der Waals surface area contributed by atoms with Crippen molar-refractivity contribution in [1.82, 2.24) is 4.90 Å². The van der Waals surface area contributed by atoms with Gasteiger partial charge in [0, 0.05) is 11.8 Å². The summed E-state index contributed by atoms with van der Waals surface area (Å²) in [4.78, 5) is 39.2. The molecule has 1 saturated heterocycles. The molecule has 2 aliphatic rings. The van der Waals surface area contributed by atoms with Gasteiger partial charge in [-0.1, -0.05) is 49.6 Å². The largest absolute Gasteiger partial charge is 0.469 e. The van der Waals surface area contributed by atoms with Crippen LogP contribution in [0, 0.1) is 0 Å². The van der Waals surface area contributed by atoms with Crippen molar-refractivity contribution < 1.29 is 19.1 Å². The molecule has 1 aliphatic heterocycles. The molecule has 0 aromatic heterocycles. The van der Waals surface area contributed by atoms with Crippen LogP contribution in [0.3, 0.4) is 0 Å². The molecule has 5 nitrogen and oxygen atoms in total. The number of esters is 1. The molecule has 0 bridgehead atoms. The topological polar surface area (TPSA) is 63.7 Å². The number of imide groups is 1. The third-order valence-electron chi connectivity index (χ3n) is 5.22. The molecule has 0 spiro atoms. The first kappa shape index (κ1) is 19.0. The van der Waals surface area contributed by atoms with Crippen LogP contribution >= 0.6 is 11.8 Å². The Morgan fingerprint density at radius 1 is 1.12 bits per heavy atom. The van der Waals surface area contributed by atoms with Crippen molar-refractivity contribution in [2.24, 2.45) is 0 Å². The van der Waals surface area contributed by atoms with E-state index in [0.717, 1.165) is 31.2 Å². The van der Waals surface area contributed by atoms with E-state index in [1.165, 1.54) is 30.2 Å². The second kappa shape index (κ2) is 8.71. The first-order valence-electron chi connectivity index (χ1n) is 9.23. The highest BCUT2D eigenvalue weighted by molar-refractivity contribution is 8.00. The molecule has 26 heavy (non-hydrogen) atoms.